The molecule has 0 atom stereocenters. The normalized spacial score (nSPS) is 10.8. The molecule has 44 heavy (non-hydrogen) atoms. The van der Waals surface area contributed by atoms with Crippen molar-refractivity contribution < 1.29 is 18.8 Å². The topological polar surface area (TPSA) is 47.6 Å². The number of allylic oxidation sites excluding steroid dienone is 5. The largest absolute Gasteiger partial charge is 0.494 e. The van der Waals surface area contributed by atoms with Gasteiger partial charge in [0.25, 0.3) is 0 Å². The van der Waals surface area contributed by atoms with E-state index in [0.29, 0.717) is 13.2 Å². The van der Waals surface area contributed by atoms with Crippen molar-refractivity contribution in [2.75, 3.05) is 47.9 Å². The van der Waals surface area contributed by atoms with Gasteiger partial charge in [0.2, 0.25) is 0 Å². The maximum atomic E-state index is 9.80. The number of nitrogens with one attached hydrogen (secondary N) is 1. The van der Waals surface area contributed by atoms with Crippen LogP contribution in [-0.2, 0) is 11.4 Å². The summed E-state index contributed by atoms with van der Waals surface area (Å²) in [6.07, 6.45) is 15.1. The van der Waals surface area contributed by atoms with E-state index in [4.69, 9.17) is 21.1 Å². The number of ether oxygens (including phenoxy) is 2. The monoisotopic (exact) mass is 629 g/mol. The fraction of sp³-hybridized carbons (Fsp3) is 0.500. The van der Waals surface area contributed by atoms with Crippen LogP contribution >= 0.6 is 11.6 Å². The Morgan fingerprint density at radius 3 is 1.91 bits per heavy atom. The molecule has 0 aliphatic rings. The van der Waals surface area contributed by atoms with Crippen molar-refractivity contribution >= 4 is 17.9 Å². The third kappa shape index (κ3) is 29.2. The summed E-state index contributed by atoms with van der Waals surface area (Å²) in [6.45, 7) is 14.9. The number of quaternary nitrogens is 1. The van der Waals surface area contributed by atoms with Gasteiger partial charge in [-0.25, -0.2) is 0 Å². The van der Waals surface area contributed by atoms with Crippen molar-refractivity contribution in [2.45, 2.75) is 79.2 Å². The van der Waals surface area contributed by atoms with Crippen LogP contribution in [0.4, 0.5) is 0 Å². The fourth-order valence-corrected chi connectivity index (χ4v) is 3.68. The highest BCUT2D eigenvalue weighted by atomic mass is 35.5. The number of carbonyl (C=O) groups is 1. The number of nitrogens with zero attached hydrogens (tertiary/aromatic N) is 1. The van der Waals surface area contributed by atoms with Gasteiger partial charge >= 0.3 is 0 Å². The number of aldehydes is 1. The molecule has 0 saturated heterocycles. The second-order valence-electron chi connectivity index (χ2n) is 11.0. The molecule has 248 valence electrons. The minimum absolute atomic E-state index is 0.593. The molecule has 5 nitrogen and oxygen atoms in total. The minimum Gasteiger partial charge on any atom is -0.494 e. The predicted molar refractivity (Wildman–Crippen MR) is 193 cm³/mol. The summed E-state index contributed by atoms with van der Waals surface area (Å²) in [6, 6.07) is 18.1. The number of halogens is 1. The van der Waals surface area contributed by atoms with E-state index >= 15 is 0 Å². The molecule has 2 aromatic rings. The van der Waals surface area contributed by atoms with Gasteiger partial charge in [-0.05, 0) is 81.8 Å². The molecule has 0 bridgehead atoms. The van der Waals surface area contributed by atoms with Crippen molar-refractivity contribution in [1.29, 1.82) is 0 Å². The molecular formula is C38H62ClN2O3+. The van der Waals surface area contributed by atoms with Gasteiger partial charge in [0, 0.05) is 5.03 Å². The molecule has 2 rings (SSSR count). The predicted octanol–water partition coefficient (Wildman–Crippen LogP) is 9.77. The Balaban J connectivity index is 0. The minimum atomic E-state index is 0.593. The number of rotatable bonds is 18. The zero-order chi connectivity index (χ0) is 33.5. The number of hydrogen-bond donors (Lipinski definition) is 1. The van der Waals surface area contributed by atoms with E-state index in [-0.39, 0.29) is 0 Å². The number of carbonyl (C=O) groups excluding carboxylic acids is 1. The van der Waals surface area contributed by atoms with Crippen LogP contribution in [0.25, 0.3) is 0 Å². The fourth-order valence-electron chi connectivity index (χ4n) is 3.40. The lowest BCUT2D eigenvalue weighted by atomic mass is 10.1. The van der Waals surface area contributed by atoms with E-state index < -0.39 is 0 Å². The molecule has 2 aromatic carbocycles. The first-order valence-corrected chi connectivity index (χ1v) is 16.5. The standard InChI is InChI=1S/C22H31NO2.C9H13Cl.C5H12NO.C2H6/c1-23-17-9-4-2-3-5-10-18-24-21-13-15-22(16-14-21)25-19-20-11-7-6-8-12-20;1-4-6-9(10)7-8(3)5-2;1-6(2,3)4-5-7;1-2/h6-8,11-16,23H,2-5,9-10,17-19H2,1H3;4,6-7H,3,5H2,1-2H3;5H,4H2,1-3H3;1-2H3/q;;+1;/b;6-4-,9-7+;;. The third-order valence-electron chi connectivity index (χ3n) is 5.91. The molecule has 0 spiro atoms. The summed E-state index contributed by atoms with van der Waals surface area (Å²) in [7, 11) is 7.95. The molecule has 0 aliphatic heterocycles. The van der Waals surface area contributed by atoms with Crippen LogP contribution in [0.15, 0.2) is 90.0 Å². The summed E-state index contributed by atoms with van der Waals surface area (Å²) in [4.78, 5) is 9.80. The van der Waals surface area contributed by atoms with Gasteiger partial charge in [-0.2, -0.15) is 0 Å². The highest BCUT2D eigenvalue weighted by molar-refractivity contribution is 6.31. The first-order chi connectivity index (χ1) is 21.1. The summed E-state index contributed by atoms with van der Waals surface area (Å²) in [5.41, 5.74) is 2.23. The Morgan fingerprint density at radius 1 is 0.886 bits per heavy atom. The van der Waals surface area contributed by atoms with Gasteiger partial charge in [0.15, 0.2) is 6.29 Å². The van der Waals surface area contributed by atoms with Crippen molar-refractivity contribution in [3.8, 4) is 11.5 Å². The Morgan fingerprint density at radius 2 is 1.43 bits per heavy atom. The van der Waals surface area contributed by atoms with Gasteiger partial charge in [0.05, 0.1) is 27.7 Å². The molecule has 0 unspecified atom stereocenters. The number of unbranched alkanes of at least 4 members (excludes halogenated alkanes) is 5. The first-order valence-electron chi connectivity index (χ1n) is 16.1. The number of benzene rings is 2. The average Bonchev–Trinajstić information content (AvgIpc) is 3.01. The van der Waals surface area contributed by atoms with E-state index in [1.165, 1.54) is 37.7 Å². The lowest BCUT2D eigenvalue weighted by molar-refractivity contribution is -0.861. The van der Waals surface area contributed by atoms with Crippen LogP contribution in [0, 0.1) is 0 Å². The SMILES string of the molecule is C=C(/C=C(Cl)\C=C/C)CC.CC.CNCCCCCCCCOc1ccc(OCc2ccccc2)cc1.C[N+](C)(C)CC=O. The van der Waals surface area contributed by atoms with Crippen LogP contribution in [0.3, 0.4) is 0 Å². The van der Waals surface area contributed by atoms with E-state index in [0.717, 1.165) is 58.9 Å². The van der Waals surface area contributed by atoms with Crippen molar-refractivity contribution in [3.05, 3.63) is 95.6 Å². The Hall–Kier alpha value is -2.86. The Kier molecular flexibility index (Phi) is 29.7. The van der Waals surface area contributed by atoms with E-state index in [1.54, 1.807) is 0 Å². The molecule has 0 aromatic heterocycles. The lowest BCUT2D eigenvalue weighted by Gasteiger charge is -2.19. The number of hydrogen-bond acceptors (Lipinski definition) is 4. The van der Waals surface area contributed by atoms with Gasteiger partial charge in [-0.1, -0.05) is 107 Å². The molecule has 0 amide bonds. The summed E-state index contributed by atoms with van der Waals surface area (Å²) in [5, 5.41) is 3.93. The average molecular weight is 630 g/mol. The van der Waals surface area contributed by atoms with E-state index in [2.05, 4.69) is 31.0 Å². The zero-order valence-corrected chi connectivity index (χ0v) is 29.8. The van der Waals surface area contributed by atoms with Crippen LogP contribution in [0.2, 0.25) is 0 Å². The molecular weight excluding hydrogens is 568 g/mol. The molecule has 0 saturated carbocycles. The molecule has 0 radical (unpaired) electrons. The van der Waals surface area contributed by atoms with Gasteiger partial charge in [-0.15, -0.1) is 0 Å². The quantitative estimate of drug-likeness (QED) is 0.0771. The lowest BCUT2D eigenvalue weighted by Crippen LogP contribution is -2.35. The van der Waals surface area contributed by atoms with Gasteiger partial charge < -0.3 is 19.3 Å². The highest BCUT2D eigenvalue weighted by Crippen LogP contribution is 2.19. The molecule has 6 heteroatoms. The second-order valence-corrected chi connectivity index (χ2v) is 11.4. The van der Waals surface area contributed by atoms with Crippen molar-refractivity contribution in [1.82, 2.24) is 5.32 Å². The van der Waals surface area contributed by atoms with Crippen LogP contribution in [-0.4, -0.2) is 58.7 Å². The number of likely N-dealkylation sites (N-methyl/N-ethyl adjacent to an activating group) is 1. The molecule has 0 heterocycles. The van der Waals surface area contributed by atoms with Gasteiger partial charge in [-0.3, -0.25) is 4.79 Å². The Labute approximate surface area is 275 Å². The van der Waals surface area contributed by atoms with Crippen molar-refractivity contribution in [2.24, 2.45) is 0 Å². The molecule has 0 fully saturated rings. The maximum absolute atomic E-state index is 9.80. The smallest absolute Gasteiger partial charge is 0.174 e. The summed E-state index contributed by atoms with van der Waals surface area (Å²) < 4.78 is 12.3. The molecule has 0 aliphatic carbocycles. The molecule has 1 N–H and O–H groups in total. The second kappa shape index (κ2) is 30.2. The summed E-state index contributed by atoms with van der Waals surface area (Å²) in [5.74, 6) is 1.79. The van der Waals surface area contributed by atoms with E-state index in [9.17, 15) is 4.79 Å². The van der Waals surface area contributed by atoms with Crippen LogP contribution in [0.1, 0.15) is 78.2 Å². The van der Waals surface area contributed by atoms with Gasteiger partial charge in [0.1, 0.15) is 24.7 Å². The van der Waals surface area contributed by atoms with Crippen molar-refractivity contribution in [3.63, 3.8) is 0 Å². The van der Waals surface area contributed by atoms with Crippen LogP contribution < -0.4 is 14.8 Å². The maximum Gasteiger partial charge on any atom is 0.174 e. The highest BCUT2D eigenvalue weighted by Gasteiger charge is 2.02. The third-order valence-corrected chi connectivity index (χ3v) is 6.14. The van der Waals surface area contributed by atoms with Crippen LogP contribution in [0.5, 0.6) is 11.5 Å². The van der Waals surface area contributed by atoms with E-state index in [1.807, 2.05) is 110 Å². The summed E-state index contributed by atoms with van der Waals surface area (Å²) >= 11 is 5.77. The first kappa shape index (κ1) is 43.3. The Bertz CT molecular complexity index is 997. The zero-order valence-electron chi connectivity index (χ0n) is 29.0.